The molecule has 0 saturated carbocycles. The minimum atomic E-state index is 1.09. The van der Waals surface area contributed by atoms with Gasteiger partial charge in [0.15, 0.2) is 0 Å². The van der Waals surface area contributed by atoms with Crippen LogP contribution in [0.1, 0.15) is 0 Å². The summed E-state index contributed by atoms with van der Waals surface area (Å²) >= 11 is 0. The summed E-state index contributed by atoms with van der Waals surface area (Å²) in [5.41, 5.74) is 21.1. The molecule has 12 rings (SSSR count). The number of para-hydroxylation sites is 2. The summed E-state index contributed by atoms with van der Waals surface area (Å²) in [5.74, 6) is 0. The SMILES string of the molecule is c1ccc(-c2ccc(-c3ccc(N(c4ccc(-c5ccc(-c6ccccc6-n6c7ccccc7c7ccc(-c8ccccc8)cc76)cc5)cc4)c4cccc(-c5ccccc5)c4)cc3)cc2)cc1. The molecule has 0 unspecified atom stereocenters. The van der Waals surface area contributed by atoms with Crippen LogP contribution in [0.15, 0.2) is 279 Å². The van der Waals surface area contributed by atoms with Gasteiger partial charge in [-0.15, -0.1) is 0 Å². The zero-order valence-corrected chi connectivity index (χ0v) is 37.5. The highest BCUT2D eigenvalue weighted by Gasteiger charge is 2.18. The fraction of sp³-hybridized carbons (Fsp3) is 0. The minimum absolute atomic E-state index is 1.09. The summed E-state index contributed by atoms with van der Waals surface area (Å²) in [7, 11) is 0. The molecule has 1 heterocycles. The lowest BCUT2D eigenvalue weighted by molar-refractivity contribution is 1.18. The van der Waals surface area contributed by atoms with E-state index in [4.69, 9.17) is 0 Å². The average molecular weight is 867 g/mol. The van der Waals surface area contributed by atoms with Gasteiger partial charge in [-0.3, -0.25) is 0 Å². The lowest BCUT2D eigenvalue weighted by atomic mass is 9.98. The number of fused-ring (bicyclic) bond motifs is 3. The molecule has 0 aliphatic carbocycles. The van der Waals surface area contributed by atoms with E-state index in [-0.39, 0.29) is 0 Å². The van der Waals surface area contributed by atoms with Crippen LogP contribution in [0.2, 0.25) is 0 Å². The molecule has 2 heteroatoms. The molecule has 68 heavy (non-hydrogen) atoms. The Hall–Kier alpha value is -8.98. The van der Waals surface area contributed by atoms with Crippen LogP contribution in [0.3, 0.4) is 0 Å². The lowest BCUT2D eigenvalue weighted by Gasteiger charge is -2.26. The molecular weight excluding hydrogens is 821 g/mol. The smallest absolute Gasteiger partial charge is 0.0547 e. The molecule has 0 saturated heterocycles. The maximum atomic E-state index is 2.44. The van der Waals surface area contributed by atoms with Crippen LogP contribution in [-0.4, -0.2) is 4.57 Å². The number of anilines is 3. The predicted molar refractivity (Wildman–Crippen MR) is 288 cm³/mol. The van der Waals surface area contributed by atoms with Gasteiger partial charge < -0.3 is 9.47 Å². The van der Waals surface area contributed by atoms with E-state index in [2.05, 4.69) is 289 Å². The number of rotatable bonds is 10. The van der Waals surface area contributed by atoms with E-state index in [1.54, 1.807) is 0 Å². The van der Waals surface area contributed by atoms with E-state index in [1.165, 1.54) is 83.0 Å². The maximum Gasteiger partial charge on any atom is 0.0547 e. The molecule has 0 atom stereocenters. The highest BCUT2D eigenvalue weighted by atomic mass is 15.1. The fourth-order valence-electron chi connectivity index (χ4n) is 9.79. The zero-order chi connectivity index (χ0) is 45.2. The van der Waals surface area contributed by atoms with Gasteiger partial charge in [-0.05, 0) is 116 Å². The van der Waals surface area contributed by atoms with Crippen molar-refractivity contribution < 1.29 is 0 Å². The molecule has 0 N–H and O–H groups in total. The van der Waals surface area contributed by atoms with Crippen molar-refractivity contribution in [3.05, 3.63) is 279 Å². The normalized spacial score (nSPS) is 11.2. The summed E-state index contributed by atoms with van der Waals surface area (Å²) in [6.45, 7) is 0. The Kier molecular flexibility index (Phi) is 10.6. The van der Waals surface area contributed by atoms with Crippen molar-refractivity contribution in [1.29, 1.82) is 0 Å². The van der Waals surface area contributed by atoms with Crippen molar-refractivity contribution in [1.82, 2.24) is 4.57 Å². The second-order valence-electron chi connectivity index (χ2n) is 17.3. The van der Waals surface area contributed by atoms with E-state index in [9.17, 15) is 0 Å². The van der Waals surface area contributed by atoms with Crippen LogP contribution < -0.4 is 4.90 Å². The van der Waals surface area contributed by atoms with E-state index in [0.29, 0.717) is 0 Å². The van der Waals surface area contributed by atoms with Crippen molar-refractivity contribution in [2.24, 2.45) is 0 Å². The number of hydrogen-bond donors (Lipinski definition) is 0. The summed E-state index contributed by atoms with van der Waals surface area (Å²) in [6.07, 6.45) is 0. The van der Waals surface area contributed by atoms with Crippen molar-refractivity contribution >= 4 is 38.9 Å². The van der Waals surface area contributed by atoms with Gasteiger partial charge in [0.1, 0.15) is 0 Å². The predicted octanol–water partition coefficient (Wildman–Crippen LogP) is 18.3. The third-order valence-corrected chi connectivity index (χ3v) is 13.2. The molecule has 11 aromatic carbocycles. The van der Waals surface area contributed by atoms with Crippen molar-refractivity contribution in [2.75, 3.05) is 4.90 Å². The van der Waals surface area contributed by atoms with Crippen LogP contribution >= 0.6 is 0 Å². The largest absolute Gasteiger partial charge is 0.310 e. The Bertz CT molecular complexity index is 3670. The first-order valence-corrected chi connectivity index (χ1v) is 23.3. The second-order valence-corrected chi connectivity index (χ2v) is 17.3. The Labute approximate surface area is 397 Å². The highest BCUT2D eigenvalue weighted by molar-refractivity contribution is 6.10. The Morgan fingerprint density at radius 3 is 1.16 bits per heavy atom. The van der Waals surface area contributed by atoms with Gasteiger partial charge in [0.25, 0.3) is 0 Å². The van der Waals surface area contributed by atoms with Crippen LogP contribution in [-0.2, 0) is 0 Å². The number of nitrogens with zero attached hydrogens (tertiary/aromatic N) is 2. The Balaban J connectivity index is 0.870. The van der Waals surface area contributed by atoms with E-state index >= 15 is 0 Å². The molecule has 12 aromatic rings. The van der Waals surface area contributed by atoms with Gasteiger partial charge in [0, 0.05) is 33.4 Å². The second kappa shape index (κ2) is 17.8. The van der Waals surface area contributed by atoms with Crippen molar-refractivity contribution in [3.63, 3.8) is 0 Å². The van der Waals surface area contributed by atoms with E-state index in [1.807, 2.05) is 0 Å². The molecule has 0 radical (unpaired) electrons. The molecule has 1 aromatic heterocycles. The van der Waals surface area contributed by atoms with Crippen LogP contribution in [0.5, 0.6) is 0 Å². The van der Waals surface area contributed by atoms with E-state index < -0.39 is 0 Å². The summed E-state index contributed by atoms with van der Waals surface area (Å²) in [5, 5.41) is 2.50. The Morgan fingerprint density at radius 1 is 0.221 bits per heavy atom. The van der Waals surface area contributed by atoms with Gasteiger partial charge in [0.2, 0.25) is 0 Å². The van der Waals surface area contributed by atoms with Gasteiger partial charge in [-0.25, -0.2) is 0 Å². The van der Waals surface area contributed by atoms with Gasteiger partial charge in [-0.2, -0.15) is 0 Å². The highest BCUT2D eigenvalue weighted by Crippen LogP contribution is 2.41. The number of aromatic nitrogens is 1. The summed E-state index contributed by atoms with van der Waals surface area (Å²) < 4.78 is 2.44. The third kappa shape index (κ3) is 7.74. The molecule has 0 aliphatic heterocycles. The molecule has 0 bridgehead atoms. The van der Waals surface area contributed by atoms with E-state index in [0.717, 1.165) is 28.3 Å². The van der Waals surface area contributed by atoms with Gasteiger partial charge in [-0.1, -0.05) is 224 Å². The molecule has 0 amide bonds. The first-order chi connectivity index (χ1) is 33.7. The maximum absolute atomic E-state index is 2.44. The molecule has 0 fully saturated rings. The van der Waals surface area contributed by atoms with Gasteiger partial charge in [0.05, 0.1) is 16.7 Å². The van der Waals surface area contributed by atoms with Crippen LogP contribution in [0.25, 0.3) is 94.3 Å². The average Bonchev–Trinajstić information content (AvgIpc) is 3.76. The molecule has 320 valence electrons. The molecular formula is C66H46N2. The summed E-state index contributed by atoms with van der Waals surface area (Å²) in [6, 6.07) is 101. The first kappa shape index (κ1) is 40.5. The van der Waals surface area contributed by atoms with Crippen molar-refractivity contribution in [3.8, 4) is 72.4 Å². The first-order valence-electron chi connectivity index (χ1n) is 23.3. The molecule has 0 aliphatic rings. The molecule has 2 nitrogen and oxygen atoms in total. The minimum Gasteiger partial charge on any atom is -0.310 e. The lowest BCUT2D eigenvalue weighted by Crippen LogP contribution is -2.10. The quantitative estimate of drug-likeness (QED) is 0.133. The van der Waals surface area contributed by atoms with Crippen molar-refractivity contribution in [2.45, 2.75) is 0 Å². The zero-order valence-electron chi connectivity index (χ0n) is 37.5. The number of hydrogen-bond acceptors (Lipinski definition) is 1. The van der Waals surface area contributed by atoms with Crippen LogP contribution in [0.4, 0.5) is 17.1 Å². The monoisotopic (exact) mass is 866 g/mol. The standard InChI is InChI=1S/C66H46N2/c1-4-15-47(16-5-1)50-27-29-51(30-28-50)53-35-40-58(41-36-53)67(60-22-14-21-56(45-60)48-17-6-2-7-18-48)59-42-37-54(38-43-59)52-31-33-55(34-32-52)61-23-10-12-25-64(61)68-65-26-13-11-24-62(65)63-44-39-57(46-66(63)68)49-19-8-3-9-20-49/h1-46H. The topological polar surface area (TPSA) is 8.17 Å². The number of benzene rings is 11. The molecule has 0 spiro atoms. The third-order valence-electron chi connectivity index (χ3n) is 13.2. The fourth-order valence-corrected chi connectivity index (χ4v) is 9.79. The Morgan fingerprint density at radius 2 is 0.603 bits per heavy atom. The summed E-state index contributed by atoms with van der Waals surface area (Å²) in [4.78, 5) is 2.36. The van der Waals surface area contributed by atoms with Gasteiger partial charge >= 0.3 is 0 Å². The van der Waals surface area contributed by atoms with Crippen LogP contribution in [0, 0.1) is 0 Å².